The molecule has 2 aromatic rings. The topological polar surface area (TPSA) is 53.1 Å². The molecule has 21 heavy (non-hydrogen) atoms. The van der Waals surface area contributed by atoms with Crippen LogP contribution in [0.1, 0.15) is 5.56 Å². The molecule has 0 spiro atoms. The molecule has 5 heteroatoms. The number of aromatic nitrogens is 2. The van der Waals surface area contributed by atoms with Crippen LogP contribution in [0.25, 0.3) is 0 Å². The Morgan fingerprint density at radius 3 is 2.71 bits per heavy atom. The molecule has 1 aromatic carbocycles. The van der Waals surface area contributed by atoms with Gasteiger partial charge in [0.2, 0.25) is 5.95 Å². The summed E-state index contributed by atoms with van der Waals surface area (Å²) in [5.41, 5.74) is 1.32. The van der Waals surface area contributed by atoms with E-state index < -0.39 is 0 Å². The van der Waals surface area contributed by atoms with Gasteiger partial charge in [0, 0.05) is 38.9 Å². The van der Waals surface area contributed by atoms with Crippen LogP contribution >= 0.6 is 0 Å². The molecule has 1 aliphatic rings. The van der Waals surface area contributed by atoms with Gasteiger partial charge in [-0.05, 0) is 18.1 Å². The van der Waals surface area contributed by atoms with Crippen molar-refractivity contribution in [2.45, 2.75) is 6.42 Å². The molecule has 3 rings (SSSR count). The third kappa shape index (κ3) is 3.92. The first-order valence-electron chi connectivity index (χ1n) is 7.48. The second-order valence-electron chi connectivity index (χ2n) is 5.14. The second kappa shape index (κ2) is 7.04. The molecule has 0 radical (unpaired) electrons. The number of piperazine rings is 1. The summed E-state index contributed by atoms with van der Waals surface area (Å²) in [7, 11) is 0. The summed E-state index contributed by atoms with van der Waals surface area (Å²) in [6, 6.07) is 12.4. The summed E-state index contributed by atoms with van der Waals surface area (Å²) < 4.78 is 0. The third-order valence-electron chi connectivity index (χ3n) is 3.62. The molecule has 1 saturated heterocycles. The van der Waals surface area contributed by atoms with E-state index in [1.54, 1.807) is 0 Å². The summed E-state index contributed by atoms with van der Waals surface area (Å²) in [4.78, 5) is 11.2. The van der Waals surface area contributed by atoms with E-state index in [0.29, 0.717) is 5.95 Å². The van der Waals surface area contributed by atoms with Crippen molar-refractivity contribution in [3.63, 3.8) is 0 Å². The number of anilines is 2. The van der Waals surface area contributed by atoms with Gasteiger partial charge >= 0.3 is 0 Å². The highest BCUT2D eigenvalue weighted by Crippen LogP contribution is 2.12. The third-order valence-corrected chi connectivity index (χ3v) is 3.62. The minimum Gasteiger partial charge on any atom is -0.354 e. The smallest absolute Gasteiger partial charge is 0.224 e. The van der Waals surface area contributed by atoms with Crippen molar-refractivity contribution >= 4 is 11.8 Å². The van der Waals surface area contributed by atoms with E-state index in [1.807, 2.05) is 18.3 Å². The maximum absolute atomic E-state index is 4.60. The average Bonchev–Trinajstić information content (AvgIpc) is 2.57. The first kappa shape index (κ1) is 13.8. The van der Waals surface area contributed by atoms with Crippen LogP contribution in [0.4, 0.5) is 11.8 Å². The van der Waals surface area contributed by atoms with E-state index in [4.69, 9.17) is 0 Å². The zero-order chi connectivity index (χ0) is 14.3. The van der Waals surface area contributed by atoms with Gasteiger partial charge in [-0.15, -0.1) is 0 Å². The van der Waals surface area contributed by atoms with Crippen LogP contribution < -0.4 is 15.5 Å². The van der Waals surface area contributed by atoms with Crippen molar-refractivity contribution in [1.29, 1.82) is 0 Å². The van der Waals surface area contributed by atoms with Crippen LogP contribution in [0.15, 0.2) is 42.6 Å². The highest BCUT2D eigenvalue weighted by molar-refractivity contribution is 5.43. The van der Waals surface area contributed by atoms with E-state index >= 15 is 0 Å². The van der Waals surface area contributed by atoms with Gasteiger partial charge in [-0.3, -0.25) is 0 Å². The van der Waals surface area contributed by atoms with Gasteiger partial charge < -0.3 is 15.5 Å². The number of nitrogens with one attached hydrogen (secondary N) is 2. The molecule has 0 atom stereocenters. The van der Waals surface area contributed by atoms with Crippen LogP contribution in [0, 0.1) is 0 Å². The van der Waals surface area contributed by atoms with Crippen molar-refractivity contribution < 1.29 is 0 Å². The van der Waals surface area contributed by atoms with Gasteiger partial charge in [0.25, 0.3) is 0 Å². The lowest BCUT2D eigenvalue weighted by atomic mass is 10.1. The number of rotatable bonds is 5. The Balaban J connectivity index is 1.55. The van der Waals surface area contributed by atoms with Gasteiger partial charge in [-0.25, -0.2) is 4.98 Å². The number of nitrogens with zero attached hydrogens (tertiary/aromatic N) is 3. The molecule has 5 nitrogen and oxygen atoms in total. The predicted molar refractivity (Wildman–Crippen MR) is 85.8 cm³/mol. The highest BCUT2D eigenvalue weighted by atomic mass is 15.3. The van der Waals surface area contributed by atoms with Gasteiger partial charge in [0.1, 0.15) is 5.82 Å². The Labute approximate surface area is 125 Å². The second-order valence-corrected chi connectivity index (χ2v) is 5.14. The lowest BCUT2D eigenvalue weighted by Gasteiger charge is -2.28. The summed E-state index contributed by atoms with van der Waals surface area (Å²) in [6.45, 7) is 4.87. The fraction of sp³-hybridized carbons (Fsp3) is 0.375. The van der Waals surface area contributed by atoms with Crippen LogP contribution in [-0.2, 0) is 6.42 Å². The molecule has 1 fully saturated rings. The summed E-state index contributed by atoms with van der Waals surface area (Å²) in [6.07, 6.45) is 2.80. The van der Waals surface area contributed by atoms with E-state index in [-0.39, 0.29) is 0 Å². The molecular weight excluding hydrogens is 262 g/mol. The van der Waals surface area contributed by atoms with E-state index in [0.717, 1.165) is 45.0 Å². The van der Waals surface area contributed by atoms with Crippen molar-refractivity contribution in [3.8, 4) is 0 Å². The minimum atomic E-state index is 0.710. The fourth-order valence-corrected chi connectivity index (χ4v) is 2.47. The van der Waals surface area contributed by atoms with E-state index in [1.165, 1.54) is 5.56 Å². The SMILES string of the molecule is c1ccc(CCNc2nccc(N3CCNCC3)n2)cc1. The van der Waals surface area contributed by atoms with Gasteiger partial charge in [0.15, 0.2) is 0 Å². The average molecular weight is 283 g/mol. The predicted octanol–water partition coefficient (Wildman–Crippen LogP) is 1.54. The largest absolute Gasteiger partial charge is 0.354 e. The maximum Gasteiger partial charge on any atom is 0.224 e. The molecule has 2 heterocycles. The fourth-order valence-electron chi connectivity index (χ4n) is 2.47. The van der Waals surface area contributed by atoms with Crippen molar-refractivity contribution in [1.82, 2.24) is 15.3 Å². The zero-order valence-electron chi connectivity index (χ0n) is 12.1. The zero-order valence-corrected chi connectivity index (χ0v) is 12.1. The molecule has 0 aliphatic carbocycles. The molecule has 0 saturated carbocycles. The van der Waals surface area contributed by atoms with Crippen molar-refractivity contribution in [2.24, 2.45) is 0 Å². The Morgan fingerprint density at radius 2 is 1.90 bits per heavy atom. The van der Waals surface area contributed by atoms with Crippen molar-refractivity contribution in [3.05, 3.63) is 48.2 Å². The Morgan fingerprint density at radius 1 is 1.10 bits per heavy atom. The van der Waals surface area contributed by atoms with E-state index in [9.17, 15) is 0 Å². The number of benzene rings is 1. The van der Waals surface area contributed by atoms with E-state index in [2.05, 4.69) is 49.8 Å². The maximum atomic E-state index is 4.60. The van der Waals surface area contributed by atoms with Gasteiger partial charge in [-0.1, -0.05) is 30.3 Å². The van der Waals surface area contributed by atoms with Crippen LogP contribution in [0.2, 0.25) is 0 Å². The lowest BCUT2D eigenvalue weighted by Crippen LogP contribution is -2.43. The van der Waals surface area contributed by atoms with Crippen LogP contribution in [0.3, 0.4) is 0 Å². The molecule has 110 valence electrons. The molecule has 1 aliphatic heterocycles. The normalized spacial score (nSPS) is 15.0. The lowest BCUT2D eigenvalue weighted by molar-refractivity contribution is 0.584. The summed E-state index contributed by atoms with van der Waals surface area (Å²) in [5.74, 6) is 1.72. The summed E-state index contributed by atoms with van der Waals surface area (Å²) >= 11 is 0. The van der Waals surface area contributed by atoms with Crippen molar-refractivity contribution in [2.75, 3.05) is 42.9 Å². The minimum absolute atomic E-state index is 0.710. The quantitative estimate of drug-likeness (QED) is 0.872. The first-order valence-corrected chi connectivity index (χ1v) is 7.48. The van der Waals surface area contributed by atoms with Crippen LogP contribution in [0.5, 0.6) is 0 Å². The Hall–Kier alpha value is -2.14. The van der Waals surface area contributed by atoms with Crippen LogP contribution in [-0.4, -0.2) is 42.7 Å². The Bertz CT molecular complexity index is 552. The number of hydrogen-bond acceptors (Lipinski definition) is 5. The number of hydrogen-bond donors (Lipinski definition) is 2. The molecular formula is C16H21N5. The molecule has 0 unspecified atom stereocenters. The first-order chi connectivity index (χ1) is 10.4. The van der Waals surface area contributed by atoms with Gasteiger partial charge in [0.05, 0.1) is 0 Å². The standard InChI is InChI=1S/C16H21N5/c1-2-4-14(5-3-1)6-8-18-16-19-9-7-15(20-16)21-12-10-17-11-13-21/h1-5,7,9,17H,6,8,10-13H2,(H,18,19,20). The Kier molecular flexibility index (Phi) is 4.63. The molecule has 2 N–H and O–H groups in total. The van der Waals surface area contributed by atoms with Gasteiger partial charge in [-0.2, -0.15) is 4.98 Å². The monoisotopic (exact) mass is 283 g/mol. The molecule has 1 aromatic heterocycles. The highest BCUT2D eigenvalue weighted by Gasteiger charge is 2.11. The molecule has 0 amide bonds. The molecule has 0 bridgehead atoms. The summed E-state index contributed by atoms with van der Waals surface area (Å²) in [5, 5.41) is 6.66.